The number of aryl methyl sites for hydroxylation is 2. The summed E-state index contributed by atoms with van der Waals surface area (Å²) in [7, 11) is 0. The van der Waals surface area contributed by atoms with Gasteiger partial charge < -0.3 is 14.7 Å². The lowest BCUT2D eigenvalue weighted by Gasteiger charge is -2.32. The van der Waals surface area contributed by atoms with Gasteiger partial charge in [0.1, 0.15) is 11.9 Å². The van der Waals surface area contributed by atoms with Crippen LogP contribution in [0.15, 0.2) is 17.2 Å². The second kappa shape index (κ2) is 5.79. The number of nitrogens with one attached hydrogen (secondary N) is 2. The molecule has 1 aliphatic rings. The van der Waals surface area contributed by atoms with Crippen LogP contribution in [0.25, 0.3) is 0 Å². The van der Waals surface area contributed by atoms with Crippen LogP contribution in [0.4, 0.5) is 0 Å². The van der Waals surface area contributed by atoms with Crippen LogP contribution in [0.3, 0.4) is 0 Å². The number of imidazole rings is 1. The minimum absolute atomic E-state index is 0.138. The molecule has 21 heavy (non-hydrogen) atoms. The molecular formula is C14H19N5O2. The second-order valence-electron chi connectivity index (χ2n) is 5.32. The number of morpholine rings is 1. The Kier molecular flexibility index (Phi) is 3.85. The molecule has 0 amide bonds. The minimum atomic E-state index is -0.168. The van der Waals surface area contributed by atoms with Crippen LogP contribution >= 0.6 is 0 Å². The quantitative estimate of drug-likeness (QED) is 0.868. The highest BCUT2D eigenvalue weighted by Gasteiger charge is 2.24. The molecule has 1 saturated heterocycles. The Morgan fingerprint density at radius 3 is 3.05 bits per heavy atom. The Balaban J connectivity index is 1.73. The Morgan fingerprint density at radius 2 is 2.33 bits per heavy atom. The number of hydrogen-bond donors (Lipinski definition) is 2. The molecule has 0 saturated carbocycles. The zero-order valence-electron chi connectivity index (χ0n) is 12.2. The molecule has 1 aliphatic heterocycles. The van der Waals surface area contributed by atoms with Crippen molar-refractivity contribution in [1.29, 1.82) is 0 Å². The van der Waals surface area contributed by atoms with Gasteiger partial charge in [-0.3, -0.25) is 9.69 Å². The monoisotopic (exact) mass is 289 g/mol. The van der Waals surface area contributed by atoms with E-state index < -0.39 is 0 Å². The van der Waals surface area contributed by atoms with Crippen molar-refractivity contribution in [2.75, 3.05) is 19.7 Å². The van der Waals surface area contributed by atoms with Crippen molar-refractivity contribution in [1.82, 2.24) is 24.8 Å². The van der Waals surface area contributed by atoms with E-state index in [0.29, 0.717) is 24.7 Å². The van der Waals surface area contributed by atoms with Gasteiger partial charge >= 0.3 is 0 Å². The van der Waals surface area contributed by atoms with Crippen LogP contribution in [0.2, 0.25) is 0 Å². The Bertz CT molecular complexity index is 678. The number of hydrogen-bond acceptors (Lipinski definition) is 5. The fourth-order valence-electron chi connectivity index (χ4n) is 2.55. The van der Waals surface area contributed by atoms with Gasteiger partial charge in [0.25, 0.3) is 5.56 Å². The summed E-state index contributed by atoms with van der Waals surface area (Å²) in [6.45, 7) is 6.76. The van der Waals surface area contributed by atoms with Crippen LogP contribution in [0.5, 0.6) is 0 Å². The standard InChI is InChI=1S/C14H19N5O2/c1-9-12(16-8-15-9)6-19-3-4-21-13(7-19)11-5-14(20)18-10(2)17-11/h5,8,13H,3-4,6-7H2,1-2H3,(H,15,16)(H,17,18,20)/t13-/m0/s1. The van der Waals surface area contributed by atoms with Crippen LogP contribution in [-0.4, -0.2) is 44.5 Å². The Morgan fingerprint density at radius 1 is 1.48 bits per heavy atom. The van der Waals surface area contributed by atoms with Gasteiger partial charge in [0.15, 0.2) is 0 Å². The summed E-state index contributed by atoms with van der Waals surface area (Å²) in [5, 5.41) is 0. The first-order chi connectivity index (χ1) is 10.1. The van der Waals surface area contributed by atoms with Gasteiger partial charge in [-0.15, -0.1) is 0 Å². The lowest BCUT2D eigenvalue weighted by Crippen LogP contribution is -2.38. The van der Waals surface area contributed by atoms with Crippen molar-refractivity contribution < 1.29 is 4.74 Å². The van der Waals surface area contributed by atoms with E-state index in [2.05, 4.69) is 24.8 Å². The normalized spacial score (nSPS) is 19.8. The van der Waals surface area contributed by atoms with E-state index in [1.54, 1.807) is 13.3 Å². The summed E-state index contributed by atoms with van der Waals surface area (Å²) in [5.74, 6) is 0.612. The number of aromatic nitrogens is 4. The molecule has 0 aliphatic carbocycles. The molecule has 0 radical (unpaired) electrons. The summed E-state index contributed by atoms with van der Waals surface area (Å²) in [4.78, 5) is 28.3. The summed E-state index contributed by atoms with van der Waals surface area (Å²) in [6, 6.07) is 1.51. The Labute approximate surface area is 122 Å². The predicted molar refractivity (Wildman–Crippen MR) is 76.9 cm³/mol. The van der Waals surface area contributed by atoms with Crippen LogP contribution in [0.1, 0.15) is 29.0 Å². The van der Waals surface area contributed by atoms with E-state index >= 15 is 0 Å². The molecule has 1 fully saturated rings. The van der Waals surface area contributed by atoms with E-state index in [0.717, 1.165) is 24.5 Å². The molecule has 3 heterocycles. The van der Waals surface area contributed by atoms with Crippen molar-refractivity contribution in [2.45, 2.75) is 26.5 Å². The van der Waals surface area contributed by atoms with Crippen molar-refractivity contribution in [3.8, 4) is 0 Å². The van der Waals surface area contributed by atoms with Gasteiger partial charge in [0, 0.05) is 31.4 Å². The fourth-order valence-corrected chi connectivity index (χ4v) is 2.55. The maximum absolute atomic E-state index is 11.6. The maximum Gasteiger partial charge on any atom is 0.251 e. The molecule has 2 N–H and O–H groups in total. The fraction of sp³-hybridized carbons (Fsp3) is 0.500. The largest absolute Gasteiger partial charge is 0.369 e. The lowest BCUT2D eigenvalue weighted by atomic mass is 10.2. The van der Waals surface area contributed by atoms with Crippen molar-refractivity contribution >= 4 is 0 Å². The van der Waals surface area contributed by atoms with Gasteiger partial charge in [0.05, 0.1) is 24.3 Å². The summed E-state index contributed by atoms with van der Waals surface area (Å²) >= 11 is 0. The highest BCUT2D eigenvalue weighted by molar-refractivity contribution is 5.10. The summed E-state index contributed by atoms with van der Waals surface area (Å²) < 4.78 is 5.77. The number of rotatable bonds is 3. The van der Waals surface area contributed by atoms with Crippen molar-refractivity contribution in [3.63, 3.8) is 0 Å². The second-order valence-corrected chi connectivity index (χ2v) is 5.32. The summed E-state index contributed by atoms with van der Waals surface area (Å²) in [6.07, 6.45) is 1.54. The maximum atomic E-state index is 11.6. The number of H-pyrrole nitrogens is 2. The van der Waals surface area contributed by atoms with Gasteiger partial charge in [-0.1, -0.05) is 0 Å². The molecule has 2 aromatic rings. The van der Waals surface area contributed by atoms with E-state index in [4.69, 9.17) is 4.74 Å². The van der Waals surface area contributed by atoms with Crippen molar-refractivity contribution in [3.05, 3.63) is 45.7 Å². The number of nitrogens with zero attached hydrogens (tertiary/aromatic N) is 3. The molecule has 7 nitrogen and oxygen atoms in total. The van der Waals surface area contributed by atoms with Gasteiger partial charge in [-0.05, 0) is 13.8 Å². The molecule has 1 atom stereocenters. The van der Waals surface area contributed by atoms with Crippen molar-refractivity contribution in [2.24, 2.45) is 0 Å². The smallest absolute Gasteiger partial charge is 0.251 e. The molecule has 0 aromatic carbocycles. The van der Waals surface area contributed by atoms with E-state index in [9.17, 15) is 4.79 Å². The zero-order valence-corrected chi connectivity index (χ0v) is 12.2. The third-order valence-electron chi connectivity index (χ3n) is 3.67. The summed E-state index contributed by atoms with van der Waals surface area (Å²) in [5.41, 5.74) is 2.69. The number of ether oxygens (including phenoxy) is 1. The SMILES string of the molecule is Cc1nc([C@@H]2CN(Cc3nc[nH]c3C)CCO2)cc(=O)[nH]1. The zero-order chi connectivity index (χ0) is 14.8. The minimum Gasteiger partial charge on any atom is -0.369 e. The van der Waals surface area contributed by atoms with E-state index in [1.165, 1.54) is 6.07 Å². The first-order valence-electron chi connectivity index (χ1n) is 7.02. The van der Waals surface area contributed by atoms with Crippen LogP contribution in [0, 0.1) is 13.8 Å². The molecule has 2 aromatic heterocycles. The molecule has 3 rings (SSSR count). The molecule has 0 spiro atoms. The highest BCUT2D eigenvalue weighted by atomic mass is 16.5. The highest BCUT2D eigenvalue weighted by Crippen LogP contribution is 2.21. The molecule has 112 valence electrons. The van der Waals surface area contributed by atoms with Crippen LogP contribution < -0.4 is 5.56 Å². The molecule has 0 bridgehead atoms. The van der Waals surface area contributed by atoms with Gasteiger partial charge in [0.2, 0.25) is 0 Å². The Hall–Kier alpha value is -1.99. The molecular weight excluding hydrogens is 270 g/mol. The average Bonchev–Trinajstić information content (AvgIpc) is 2.84. The third-order valence-corrected chi connectivity index (χ3v) is 3.67. The predicted octanol–water partition coefficient (Wildman–Crippen LogP) is 0.683. The first-order valence-corrected chi connectivity index (χ1v) is 7.02. The topological polar surface area (TPSA) is 86.9 Å². The number of aromatic amines is 2. The van der Waals surface area contributed by atoms with Gasteiger partial charge in [-0.2, -0.15) is 0 Å². The third kappa shape index (κ3) is 3.20. The van der Waals surface area contributed by atoms with Gasteiger partial charge in [-0.25, -0.2) is 9.97 Å². The van der Waals surface area contributed by atoms with Crippen LogP contribution in [-0.2, 0) is 11.3 Å². The first kappa shape index (κ1) is 14.0. The van der Waals surface area contributed by atoms with E-state index in [1.807, 2.05) is 6.92 Å². The molecule has 0 unspecified atom stereocenters. The average molecular weight is 289 g/mol. The van der Waals surface area contributed by atoms with E-state index in [-0.39, 0.29) is 11.7 Å². The lowest BCUT2D eigenvalue weighted by molar-refractivity contribution is -0.0355. The molecule has 7 heteroatoms.